The normalized spacial score (nSPS) is 15.0. The molecular weight excluding hydrogens is 773 g/mol. The fourth-order valence-corrected chi connectivity index (χ4v) is 11.1. The van der Waals surface area contributed by atoms with Gasteiger partial charge in [-0.3, -0.25) is 0 Å². The molecule has 8 aromatic rings. The van der Waals surface area contributed by atoms with E-state index in [-0.39, 0.29) is 10.8 Å². The molecule has 3 aliphatic rings. The quantitative estimate of drug-likeness (QED) is 0.137. The molecule has 0 N–H and O–H groups in total. The Hall–Kier alpha value is -7.16. The third kappa shape index (κ3) is 6.30. The van der Waals surface area contributed by atoms with Crippen molar-refractivity contribution in [2.45, 2.75) is 58.8 Å². The maximum atomic E-state index is 5.74. The van der Waals surface area contributed by atoms with Crippen molar-refractivity contribution in [1.82, 2.24) is 9.97 Å². The van der Waals surface area contributed by atoms with Crippen LogP contribution >= 0.6 is 0 Å². The number of hydrogen-bond acceptors (Lipinski definition) is 2. The molecule has 64 heavy (non-hydrogen) atoms. The average Bonchev–Trinajstić information content (AvgIpc) is 3.88. The second kappa shape index (κ2) is 15.9. The van der Waals surface area contributed by atoms with E-state index in [1.807, 2.05) is 0 Å². The first-order valence-electron chi connectivity index (χ1n) is 23.2. The Balaban J connectivity index is 1.03. The molecule has 0 saturated carbocycles. The van der Waals surface area contributed by atoms with Gasteiger partial charge in [-0.15, -0.1) is 0 Å². The zero-order valence-corrected chi connectivity index (χ0v) is 37.2. The highest BCUT2D eigenvalue weighted by Gasteiger charge is 2.45. The topological polar surface area (TPSA) is 25.8 Å². The van der Waals surface area contributed by atoms with Gasteiger partial charge in [0.05, 0.1) is 22.1 Å². The van der Waals surface area contributed by atoms with Crippen molar-refractivity contribution < 1.29 is 0 Å². The van der Waals surface area contributed by atoms with E-state index in [1.165, 1.54) is 89.0 Å². The monoisotopic (exact) mass is 824 g/mol. The Bertz CT molecular complexity index is 3280. The second-order valence-electron chi connectivity index (χ2n) is 17.8. The van der Waals surface area contributed by atoms with E-state index in [2.05, 4.69) is 222 Å². The van der Waals surface area contributed by atoms with Crippen LogP contribution in [0.3, 0.4) is 0 Å². The number of rotatable bonds is 10. The van der Waals surface area contributed by atoms with Gasteiger partial charge in [-0.1, -0.05) is 191 Å². The Morgan fingerprint density at radius 3 is 1.38 bits per heavy atom. The molecule has 7 aromatic carbocycles. The van der Waals surface area contributed by atoms with Gasteiger partial charge in [-0.05, 0) is 140 Å². The van der Waals surface area contributed by atoms with Gasteiger partial charge in [0.1, 0.15) is 0 Å². The molecule has 0 aliphatic heterocycles. The minimum Gasteiger partial charge on any atom is -0.248 e. The molecule has 2 heteroatoms. The molecule has 0 amide bonds. The largest absolute Gasteiger partial charge is 0.248 e. The van der Waals surface area contributed by atoms with Crippen LogP contribution in [-0.4, -0.2) is 9.97 Å². The van der Waals surface area contributed by atoms with Crippen LogP contribution in [0, 0.1) is 5.41 Å². The van der Waals surface area contributed by atoms with Crippen LogP contribution in [0.2, 0.25) is 0 Å². The van der Waals surface area contributed by atoms with Crippen molar-refractivity contribution in [3.63, 3.8) is 0 Å². The van der Waals surface area contributed by atoms with Crippen molar-refractivity contribution >= 4 is 17.2 Å². The summed E-state index contributed by atoms with van der Waals surface area (Å²) in [6, 6.07) is 64.2. The lowest BCUT2D eigenvalue weighted by Gasteiger charge is -2.35. The van der Waals surface area contributed by atoms with Gasteiger partial charge >= 0.3 is 0 Å². The van der Waals surface area contributed by atoms with Gasteiger partial charge in [0.25, 0.3) is 0 Å². The molecule has 0 fully saturated rings. The minimum absolute atomic E-state index is 0.185. The second-order valence-corrected chi connectivity index (χ2v) is 17.8. The van der Waals surface area contributed by atoms with E-state index in [0.717, 1.165) is 47.8 Å². The van der Waals surface area contributed by atoms with Gasteiger partial charge in [0.2, 0.25) is 0 Å². The predicted octanol–water partition coefficient (Wildman–Crippen LogP) is 14.7. The first-order chi connectivity index (χ1) is 31.5. The lowest BCUT2D eigenvalue weighted by Crippen LogP contribution is -2.38. The molecule has 1 heterocycles. The summed E-state index contributed by atoms with van der Waals surface area (Å²) in [6.07, 6.45) is 11.1. The summed E-state index contributed by atoms with van der Waals surface area (Å²) in [5.41, 5.74) is 21.7. The summed E-state index contributed by atoms with van der Waals surface area (Å²) >= 11 is 0. The Kier molecular flexibility index (Phi) is 9.84. The third-order valence-electron chi connectivity index (χ3n) is 14.7. The summed E-state index contributed by atoms with van der Waals surface area (Å²) in [5.74, 6) is 0. The first kappa shape index (κ1) is 39.7. The van der Waals surface area contributed by atoms with Crippen molar-refractivity contribution in [2.75, 3.05) is 0 Å². The average molecular weight is 825 g/mol. The fourth-order valence-electron chi connectivity index (χ4n) is 11.1. The molecule has 0 bridgehead atoms. The lowest BCUT2D eigenvalue weighted by molar-refractivity contribution is 0.469. The summed E-state index contributed by atoms with van der Waals surface area (Å²) in [4.78, 5) is 11.4. The highest BCUT2D eigenvalue weighted by Crippen LogP contribution is 2.53. The molecule has 0 unspecified atom stereocenters. The Morgan fingerprint density at radius 2 is 0.859 bits per heavy atom. The maximum absolute atomic E-state index is 5.74. The summed E-state index contributed by atoms with van der Waals surface area (Å²) in [6.45, 7) is 9.34. The molecule has 3 aliphatic carbocycles. The molecule has 1 aromatic heterocycles. The highest BCUT2D eigenvalue weighted by atomic mass is 14.9. The van der Waals surface area contributed by atoms with Crippen molar-refractivity contribution in [3.8, 4) is 66.9 Å². The standard InChI is InChI=1S/C62H52N2/c1-5-61(6-2)40-49(46-30-33-51(42-23-15-10-16-24-42)54(37-46)44-27-19-12-20-28-44)35-48-39-56-59(57(48)61)64-58-52-34-31-47(38-55(52)62(7-3,8-4)60(58)63-56)45-29-32-50(41-21-13-9-14-22-41)53(36-45)43-25-17-11-18-26-43/h9-40H,5-8H2,1-4H3. The molecule has 0 spiro atoms. The first-order valence-corrected chi connectivity index (χ1v) is 23.2. The third-order valence-corrected chi connectivity index (χ3v) is 14.7. The number of allylic oxidation sites excluding steroid dienone is 4. The zero-order valence-electron chi connectivity index (χ0n) is 37.2. The predicted molar refractivity (Wildman–Crippen MR) is 269 cm³/mol. The van der Waals surface area contributed by atoms with E-state index in [0.29, 0.717) is 0 Å². The molecule has 11 rings (SSSR count). The van der Waals surface area contributed by atoms with Gasteiger partial charge in [-0.2, -0.15) is 0 Å². The van der Waals surface area contributed by atoms with Crippen LogP contribution in [0.4, 0.5) is 0 Å². The molecule has 0 saturated heterocycles. The van der Waals surface area contributed by atoms with Gasteiger partial charge in [0.15, 0.2) is 0 Å². The molecule has 0 atom stereocenters. The van der Waals surface area contributed by atoms with E-state index in [1.54, 1.807) is 0 Å². The minimum atomic E-state index is -0.236. The van der Waals surface area contributed by atoms with Crippen molar-refractivity contribution in [1.29, 1.82) is 0 Å². The van der Waals surface area contributed by atoms with E-state index in [4.69, 9.17) is 9.97 Å². The number of hydrogen-bond donors (Lipinski definition) is 0. The number of aromatic nitrogens is 2. The maximum Gasteiger partial charge on any atom is 0.0941 e. The molecule has 0 radical (unpaired) electrons. The van der Waals surface area contributed by atoms with Crippen LogP contribution in [-0.2, 0) is 5.41 Å². The van der Waals surface area contributed by atoms with Crippen LogP contribution in [0.5, 0.6) is 0 Å². The number of fused-ring (bicyclic) bond motifs is 5. The molecule has 310 valence electrons. The lowest BCUT2D eigenvalue weighted by atomic mass is 9.68. The highest BCUT2D eigenvalue weighted by molar-refractivity contribution is 5.97. The molecular formula is C62H52N2. The smallest absolute Gasteiger partial charge is 0.0941 e. The summed E-state index contributed by atoms with van der Waals surface area (Å²) < 4.78 is 0. The van der Waals surface area contributed by atoms with Crippen LogP contribution in [0.15, 0.2) is 194 Å². The van der Waals surface area contributed by atoms with Crippen LogP contribution in [0.25, 0.3) is 84.1 Å². The van der Waals surface area contributed by atoms with Crippen LogP contribution in [0.1, 0.15) is 70.2 Å². The van der Waals surface area contributed by atoms with Crippen molar-refractivity contribution in [2.24, 2.45) is 5.41 Å². The SMILES string of the molecule is CCC1(CC)C=C(c2ccc(-c3ccccc3)c(-c3ccccc3)c2)C=C2C=c3nc4c(nc3=C21)-c1ccc(-c2ccc(-c3ccccc3)c(-c3ccccc3)c2)cc1C4(CC)CC. The van der Waals surface area contributed by atoms with Crippen molar-refractivity contribution in [3.05, 3.63) is 221 Å². The summed E-state index contributed by atoms with van der Waals surface area (Å²) in [7, 11) is 0. The molecule has 2 nitrogen and oxygen atoms in total. The zero-order chi connectivity index (χ0) is 43.4. The van der Waals surface area contributed by atoms with Crippen LogP contribution < -0.4 is 10.7 Å². The fraction of sp³-hybridized carbons (Fsp3) is 0.161. The van der Waals surface area contributed by atoms with Gasteiger partial charge in [0, 0.05) is 16.4 Å². The van der Waals surface area contributed by atoms with E-state index in [9.17, 15) is 0 Å². The van der Waals surface area contributed by atoms with E-state index < -0.39 is 0 Å². The number of nitrogens with zero attached hydrogens (tertiary/aromatic N) is 2. The van der Waals surface area contributed by atoms with Gasteiger partial charge in [-0.25, -0.2) is 9.97 Å². The Labute approximate surface area is 377 Å². The van der Waals surface area contributed by atoms with Gasteiger partial charge < -0.3 is 0 Å². The summed E-state index contributed by atoms with van der Waals surface area (Å²) in [5, 5.41) is 2.06. The van der Waals surface area contributed by atoms with E-state index >= 15 is 0 Å². The Morgan fingerprint density at radius 1 is 0.391 bits per heavy atom. The number of benzene rings is 7.